The maximum absolute atomic E-state index is 12.4. The highest BCUT2D eigenvalue weighted by Gasteiger charge is 2.23. The first kappa shape index (κ1) is 19.2. The Morgan fingerprint density at radius 3 is 2.69 bits per heavy atom. The van der Waals surface area contributed by atoms with E-state index in [1.54, 1.807) is 0 Å². The maximum Gasteiger partial charge on any atom is 0.251 e. The third-order valence-electron chi connectivity index (χ3n) is 5.62. The highest BCUT2D eigenvalue weighted by atomic mass is 16.2. The molecule has 148 valence electrons. The van der Waals surface area contributed by atoms with Gasteiger partial charge in [0.15, 0.2) is 0 Å². The van der Waals surface area contributed by atoms with Crippen LogP contribution in [0, 0.1) is 11.3 Å². The lowest BCUT2D eigenvalue weighted by atomic mass is 9.98. The van der Waals surface area contributed by atoms with Crippen molar-refractivity contribution in [2.75, 3.05) is 6.54 Å². The third kappa shape index (κ3) is 4.30. The number of hydrogen-bond donors (Lipinski definition) is 3. The van der Waals surface area contributed by atoms with Crippen LogP contribution in [0.1, 0.15) is 40.7 Å². The molecule has 1 fully saturated rings. The Morgan fingerprint density at radius 1 is 1.17 bits per heavy atom. The Balaban J connectivity index is 1.40. The number of hydrogen-bond acceptors (Lipinski definition) is 4. The SMILES string of the molecule is N#C[C@H](Cc1ccc(-c2ccc3c(c2)CNC3=O)cc1)NC(=O)[C@@H]1CCCCN1. The van der Waals surface area contributed by atoms with Crippen molar-refractivity contribution in [3.8, 4) is 17.2 Å². The number of amides is 2. The molecule has 6 nitrogen and oxygen atoms in total. The molecule has 1 saturated heterocycles. The second kappa shape index (κ2) is 8.46. The Hall–Kier alpha value is -3.17. The molecule has 6 heteroatoms. The molecule has 0 aliphatic carbocycles. The van der Waals surface area contributed by atoms with Crippen LogP contribution < -0.4 is 16.0 Å². The third-order valence-corrected chi connectivity index (χ3v) is 5.62. The summed E-state index contributed by atoms with van der Waals surface area (Å²) in [6, 6.07) is 15.3. The van der Waals surface area contributed by atoms with Crippen molar-refractivity contribution < 1.29 is 9.59 Å². The van der Waals surface area contributed by atoms with E-state index in [2.05, 4.69) is 22.0 Å². The highest BCUT2D eigenvalue weighted by Crippen LogP contribution is 2.25. The number of nitrogens with zero attached hydrogens (tertiary/aromatic N) is 1. The van der Waals surface area contributed by atoms with Gasteiger partial charge in [-0.2, -0.15) is 5.26 Å². The quantitative estimate of drug-likeness (QED) is 0.733. The second-order valence-corrected chi connectivity index (χ2v) is 7.65. The standard InChI is InChI=1S/C23H24N4O2/c24-13-19(27-23(29)21-3-1-2-10-25-21)11-15-4-6-16(7-5-15)17-8-9-20-18(12-17)14-26-22(20)28/h4-9,12,19,21,25H,1-3,10-11,14H2,(H,26,28)(H,27,29)/t19-,21-/m0/s1. The molecule has 29 heavy (non-hydrogen) atoms. The topological polar surface area (TPSA) is 94.0 Å². The molecule has 2 aliphatic rings. The molecule has 0 aromatic heterocycles. The summed E-state index contributed by atoms with van der Waals surface area (Å²) in [5.74, 6) is -0.107. The minimum absolute atomic E-state index is 0.0186. The zero-order chi connectivity index (χ0) is 20.2. The van der Waals surface area contributed by atoms with Gasteiger partial charge in [0.1, 0.15) is 6.04 Å². The fourth-order valence-electron chi connectivity index (χ4n) is 3.96. The van der Waals surface area contributed by atoms with Gasteiger partial charge in [-0.25, -0.2) is 0 Å². The smallest absolute Gasteiger partial charge is 0.251 e. The van der Waals surface area contributed by atoms with E-state index in [4.69, 9.17) is 0 Å². The van der Waals surface area contributed by atoms with Gasteiger partial charge in [0.2, 0.25) is 5.91 Å². The average Bonchev–Trinajstić information content (AvgIpc) is 3.14. The van der Waals surface area contributed by atoms with Crippen molar-refractivity contribution in [1.29, 1.82) is 5.26 Å². The minimum atomic E-state index is -0.547. The van der Waals surface area contributed by atoms with Gasteiger partial charge in [0, 0.05) is 18.5 Å². The Kier molecular flexibility index (Phi) is 5.59. The predicted molar refractivity (Wildman–Crippen MR) is 110 cm³/mol. The fraction of sp³-hybridized carbons (Fsp3) is 0.348. The predicted octanol–water partition coefficient (Wildman–Crippen LogP) is 2.29. The summed E-state index contributed by atoms with van der Waals surface area (Å²) in [7, 11) is 0. The molecule has 2 amide bonds. The van der Waals surface area contributed by atoms with Crippen LogP contribution in [0.2, 0.25) is 0 Å². The highest BCUT2D eigenvalue weighted by molar-refractivity contribution is 5.98. The van der Waals surface area contributed by atoms with Crippen LogP contribution >= 0.6 is 0 Å². The van der Waals surface area contributed by atoms with Gasteiger partial charge in [-0.15, -0.1) is 0 Å². The van der Waals surface area contributed by atoms with Crippen molar-refractivity contribution >= 4 is 11.8 Å². The summed E-state index contributed by atoms with van der Waals surface area (Å²) in [4.78, 5) is 24.1. The number of nitrogens with one attached hydrogen (secondary N) is 3. The molecule has 0 radical (unpaired) electrons. The fourth-order valence-corrected chi connectivity index (χ4v) is 3.96. The molecule has 0 spiro atoms. The zero-order valence-corrected chi connectivity index (χ0v) is 16.2. The summed E-state index contributed by atoms with van der Waals surface area (Å²) < 4.78 is 0. The Morgan fingerprint density at radius 2 is 1.97 bits per heavy atom. The second-order valence-electron chi connectivity index (χ2n) is 7.65. The van der Waals surface area contributed by atoms with E-state index in [1.165, 1.54) is 0 Å². The number of rotatable bonds is 5. The maximum atomic E-state index is 12.4. The van der Waals surface area contributed by atoms with Gasteiger partial charge in [-0.3, -0.25) is 9.59 Å². The minimum Gasteiger partial charge on any atom is -0.348 e. The molecule has 0 unspecified atom stereocenters. The molecular formula is C23H24N4O2. The number of carbonyl (C=O) groups excluding carboxylic acids is 2. The van der Waals surface area contributed by atoms with Crippen LogP contribution in [0.4, 0.5) is 0 Å². The molecule has 2 aromatic carbocycles. The van der Waals surface area contributed by atoms with E-state index >= 15 is 0 Å². The molecule has 4 rings (SSSR count). The van der Waals surface area contributed by atoms with Crippen LogP contribution in [0.3, 0.4) is 0 Å². The Labute approximate surface area is 170 Å². The summed E-state index contributed by atoms with van der Waals surface area (Å²) in [6.07, 6.45) is 3.42. The summed E-state index contributed by atoms with van der Waals surface area (Å²) in [5.41, 5.74) is 4.86. The number of piperidine rings is 1. The van der Waals surface area contributed by atoms with Crippen LogP contribution in [0.15, 0.2) is 42.5 Å². The van der Waals surface area contributed by atoms with Crippen LogP contribution in [-0.2, 0) is 17.8 Å². The van der Waals surface area contributed by atoms with Gasteiger partial charge >= 0.3 is 0 Å². The molecule has 2 atom stereocenters. The summed E-state index contributed by atoms with van der Waals surface area (Å²) >= 11 is 0. The number of benzene rings is 2. The monoisotopic (exact) mass is 388 g/mol. The molecule has 3 N–H and O–H groups in total. The van der Waals surface area contributed by atoms with Crippen molar-refractivity contribution in [3.05, 3.63) is 59.2 Å². The van der Waals surface area contributed by atoms with Crippen LogP contribution in [0.5, 0.6) is 0 Å². The van der Waals surface area contributed by atoms with E-state index in [0.29, 0.717) is 13.0 Å². The molecule has 0 saturated carbocycles. The molecule has 2 aliphatic heterocycles. The summed E-state index contributed by atoms with van der Waals surface area (Å²) in [6.45, 7) is 1.42. The van der Waals surface area contributed by atoms with Crippen molar-refractivity contribution in [2.45, 2.75) is 44.3 Å². The number of nitriles is 1. The Bertz CT molecular complexity index is 956. The lowest BCUT2D eigenvalue weighted by Crippen LogP contribution is -2.49. The van der Waals surface area contributed by atoms with E-state index in [0.717, 1.165) is 53.6 Å². The van der Waals surface area contributed by atoms with Gasteiger partial charge in [-0.05, 0) is 53.8 Å². The first-order valence-corrected chi connectivity index (χ1v) is 10.1. The first-order valence-electron chi connectivity index (χ1n) is 10.1. The van der Waals surface area contributed by atoms with E-state index in [-0.39, 0.29) is 17.9 Å². The lowest BCUT2D eigenvalue weighted by molar-refractivity contribution is -0.124. The van der Waals surface area contributed by atoms with Crippen LogP contribution in [-0.4, -0.2) is 30.4 Å². The summed E-state index contributed by atoms with van der Waals surface area (Å²) in [5, 5.41) is 18.4. The molecule has 0 bridgehead atoms. The van der Waals surface area contributed by atoms with Gasteiger partial charge in [0.25, 0.3) is 5.91 Å². The first-order chi connectivity index (χ1) is 14.1. The van der Waals surface area contributed by atoms with Crippen molar-refractivity contribution in [3.63, 3.8) is 0 Å². The van der Waals surface area contributed by atoms with Gasteiger partial charge in [-0.1, -0.05) is 36.8 Å². The van der Waals surface area contributed by atoms with E-state index < -0.39 is 6.04 Å². The van der Waals surface area contributed by atoms with E-state index in [9.17, 15) is 14.9 Å². The average molecular weight is 388 g/mol. The van der Waals surface area contributed by atoms with Crippen LogP contribution in [0.25, 0.3) is 11.1 Å². The normalized spacial score (nSPS) is 19.0. The zero-order valence-electron chi connectivity index (χ0n) is 16.2. The van der Waals surface area contributed by atoms with Crippen molar-refractivity contribution in [2.24, 2.45) is 0 Å². The van der Waals surface area contributed by atoms with Crippen molar-refractivity contribution in [1.82, 2.24) is 16.0 Å². The van der Waals surface area contributed by atoms with Gasteiger partial charge in [0.05, 0.1) is 12.1 Å². The molecular weight excluding hydrogens is 364 g/mol. The van der Waals surface area contributed by atoms with Gasteiger partial charge < -0.3 is 16.0 Å². The lowest BCUT2D eigenvalue weighted by Gasteiger charge is -2.23. The van der Waals surface area contributed by atoms with E-state index in [1.807, 2.05) is 42.5 Å². The molecule has 2 aromatic rings. The number of fused-ring (bicyclic) bond motifs is 1. The largest absolute Gasteiger partial charge is 0.348 e. The molecule has 2 heterocycles. The number of carbonyl (C=O) groups is 2.